The van der Waals surface area contributed by atoms with Crippen LogP contribution in [0.15, 0.2) is 18.2 Å². The SMILES string of the molecule is CC1CCN(CCCCNC(=O)c2ccc3c(c2)OCC(=O)N3)CC1. The van der Waals surface area contributed by atoms with E-state index in [9.17, 15) is 9.59 Å². The van der Waals surface area contributed by atoms with Crippen LogP contribution in [0.3, 0.4) is 0 Å². The molecule has 0 unspecified atom stereocenters. The molecule has 1 aromatic carbocycles. The van der Waals surface area contributed by atoms with Gasteiger partial charge < -0.3 is 20.3 Å². The highest BCUT2D eigenvalue weighted by atomic mass is 16.5. The number of anilines is 1. The molecule has 2 amide bonds. The molecule has 0 spiro atoms. The average molecular weight is 345 g/mol. The Morgan fingerprint density at radius 2 is 2.12 bits per heavy atom. The van der Waals surface area contributed by atoms with Crippen molar-refractivity contribution in [2.24, 2.45) is 5.92 Å². The maximum Gasteiger partial charge on any atom is 0.262 e. The Morgan fingerprint density at radius 3 is 2.92 bits per heavy atom. The van der Waals surface area contributed by atoms with E-state index in [2.05, 4.69) is 22.5 Å². The molecule has 6 nitrogen and oxygen atoms in total. The molecule has 0 aliphatic carbocycles. The summed E-state index contributed by atoms with van der Waals surface area (Å²) in [6.45, 7) is 6.53. The lowest BCUT2D eigenvalue weighted by molar-refractivity contribution is -0.118. The normalized spacial score (nSPS) is 18.2. The second kappa shape index (κ2) is 8.34. The first-order chi connectivity index (χ1) is 12.1. The Balaban J connectivity index is 1.37. The number of amides is 2. The van der Waals surface area contributed by atoms with Crippen LogP contribution in [0.25, 0.3) is 0 Å². The summed E-state index contributed by atoms with van der Waals surface area (Å²) in [6, 6.07) is 5.09. The molecular formula is C19H27N3O3. The van der Waals surface area contributed by atoms with E-state index in [1.54, 1.807) is 18.2 Å². The molecule has 2 N–H and O–H groups in total. The molecule has 2 aliphatic heterocycles. The van der Waals surface area contributed by atoms with Crippen LogP contribution in [0.1, 0.15) is 43.0 Å². The lowest BCUT2D eigenvalue weighted by Gasteiger charge is -2.30. The van der Waals surface area contributed by atoms with Crippen molar-refractivity contribution in [3.05, 3.63) is 23.8 Å². The summed E-state index contributed by atoms with van der Waals surface area (Å²) in [4.78, 5) is 26.0. The molecule has 136 valence electrons. The molecule has 0 bridgehead atoms. The fourth-order valence-electron chi connectivity index (χ4n) is 3.27. The van der Waals surface area contributed by atoms with Crippen molar-refractivity contribution < 1.29 is 14.3 Å². The maximum atomic E-state index is 12.2. The summed E-state index contributed by atoms with van der Waals surface area (Å²) < 4.78 is 5.35. The number of fused-ring (bicyclic) bond motifs is 1. The van der Waals surface area contributed by atoms with Crippen LogP contribution in [0.5, 0.6) is 5.75 Å². The quantitative estimate of drug-likeness (QED) is 0.776. The Hall–Kier alpha value is -2.08. The van der Waals surface area contributed by atoms with Gasteiger partial charge in [0.15, 0.2) is 6.61 Å². The first-order valence-electron chi connectivity index (χ1n) is 9.19. The van der Waals surface area contributed by atoms with Crippen LogP contribution in [0, 0.1) is 5.92 Å². The van der Waals surface area contributed by atoms with Crippen LogP contribution >= 0.6 is 0 Å². The van der Waals surface area contributed by atoms with Crippen LogP contribution in [0.2, 0.25) is 0 Å². The van der Waals surface area contributed by atoms with E-state index in [0.29, 0.717) is 23.5 Å². The lowest BCUT2D eigenvalue weighted by Crippen LogP contribution is -2.34. The molecule has 1 fully saturated rings. The number of carbonyl (C=O) groups is 2. The van der Waals surface area contributed by atoms with Gasteiger partial charge >= 0.3 is 0 Å². The van der Waals surface area contributed by atoms with Crippen LogP contribution in [0.4, 0.5) is 5.69 Å². The van der Waals surface area contributed by atoms with E-state index in [-0.39, 0.29) is 18.4 Å². The molecule has 1 aromatic rings. The van der Waals surface area contributed by atoms with Gasteiger partial charge in [-0.05, 0) is 69.4 Å². The first-order valence-corrected chi connectivity index (χ1v) is 9.19. The molecule has 2 heterocycles. The number of hydrogen-bond acceptors (Lipinski definition) is 4. The highest BCUT2D eigenvalue weighted by molar-refractivity contribution is 5.98. The summed E-state index contributed by atoms with van der Waals surface area (Å²) in [5.41, 5.74) is 1.17. The summed E-state index contributed by atoms with van der Waals surface area (Å²) in [7, 11) is 0. The molecule has 0 radical (unpaired) electrons. The van der Waals surface area contributed by atoms with Crippen molar-refractivity contribution >= 4 is 17.5 Å². The van der Waals surface area contributed by atoms with Gasteiger partial charge in [-0.3, -0.25) is 9.59 Å². The standard InChI is InChI=1S/C19H27N3O3/c1-14-6-10-22(11-7-14)9-3-2-8-20-19(24)15-4-5-16-17(12-15)25-13-18(23)21-16/h4-5,12,14H,2-3,6-11,13H2,1H3,(H,20,24)(H,21,23). The number of nitrogens with zero attached hydrogens (tertiary/aromatic N) is 1. The highest BCUT2D eigenvalue weighted by Gasteiger charge is 2.18. The number of rotatable bonds is 6. The highest BCUT2D eigenvalue weighted by Crippen LogP contribution is 2.28. The number of hydrogen-bond donors (Lipinski definition) is 2. The number of likely N-dealkylation sites (tertiary alicyclic amines) is 1. The summed E-state index contributed by atoms with van der Waals surface area (Å²) >= 11 is 0. The Kier molecular flexibility index (Phi) is 5.91. The fraction of sp³-hybridized carbons (Fsp3) is 0.579. The fourth-order valence-corrected chi connectivity index (χ4v) is 3.27. The zero-order chi connectivity index (χ0) is 17.6. The number of carbonyl (C=O) groups excluding carboxylic acids is 2. The predicted molar refractivity (Wildman–Crippen MR) is 97.0 cm³/mol. The second-order valence-electron chi connectivity index (χ2n) is 7.03. The molecule has 0 saturated carbocycles. The van der Waals surface area contributed by atoms with Crippen molar-refractivity contribution in [2.75, 3.05) is 38.1 Å². The molecule has 0 aromatic heterocycles. The number of unbranched alkanes of at least 4 members (excludes halogenated alkanes) is 1. The Bertz CT molecular complexity index is 624. The topological polar surface area (TPSA) is 70.7 Å². The van der Waals surface area contributed by atoms with Crippen molar-refractivity contribution in [1.82, 2.24) is 10.2 Å². The molecule has 2 aliphatic rings. The Labute approximate surface area is 148 Å². The van der Waals surface area contributed by atoms with E-state index in [1.165, 1.54) is 25.9 Å². The summed E-state index contributed by atoms with van der Waals surface area (Å²) in [5.74, 6) is 1.14. The number of benzene rings is 1. The van der Waals surface area contributed by atoms with Gasteiger partial charge in [-0.2, -0.15) is 0 Å². The number of nitrogens with one attached hydrogen (secondary N) is 2. The maximum absolute atomic E-state index is 12.2. The molecular weight excluding hydrogens is 318 g/mol. The van der Waals surface area contributed by atoms with E-state index >= 15 is 0 Å². The van der Waals surface area contributed by atoms with Gasteiger partial charge in [0.25, 0.3) is 11.8 Å². The molecule has 3 rings (SSSR count). The van der Waals surface area contributed by atoms with Gasteiger partial charge in [0.1, 0.15) is 5.75 Å². The van der Waals surface area contributed by atoms with Gasteiger partial charge in [0.05, 0.1) is 5.69 Å². The zero-order valence-corrected chi connectivity index (χ0v) is 14.8. The van der Waals surface area contributed by atoms with Crippen LogP contribution in [-0.2, 0) is 4.79 Å². The van der Waals surface area contributed by atoms with Crippen LogP contribution in [-0.4, -0.2) is 49.5 Å². The number of ether oxygens (including phenoxy) is 1. The number of piperidine rings is 1. The van der Waals surface area contributed by atoms with Gasteiger partial charge in [0, 0.05) is 12.1 Å². The van der Waals surface area contributed by atoms with Gasteiger partial charge in [0.2, 0.25) is 0 Å². The Morgan fingerprint density at radius 1 is 1.32 bits per heavy atom. The average Bonchev–Trinajstić information content (AvgIpc) is 2.62. The van der Waals surface area contributed by atoms with Gasteiger partial charge in [-0.15, -0.1) is 0 Å². The van der Waals surface area contributed by atoms with Crippen LogP contribution < -0.4 is 15.4 Å². The first kappa shape index (κ1) is 17.7. The summed E-state index contributed by atoms with van der Waals surface area (Å²) in [5, 5.41) is 5.68. The van der Waals surface area contributed by atoms with E-state index < -0.39 is 0 Å². The smallest absolute Gasteiger partial charge is 0.262 e. The molecule has 6 heteroatoms. The van der Waals surface area contributed by atoms with E-state index in [0.717, 1.165) is 25.3 Å². The van der Waals surface area contributed by atoms with E-state index in [1.807, 2.05) is 0 Å². The molecule has 0 atom stereocenters. The monoisotopic (exact) mass is 345 g/mol. The lowest BCUT2D eigenvalue weighted by atomic mass is 9.99. The minimum atomic E-state index is -0.173. The zero-order valence-electron chi connectivity index (χ0n) is 14.8. The third-order valence-corrected chi connectivity index (χ3v) is 4.94. The minimum Gasteiger partial charge on any atom is -0.482 e. The third-order valence-electron chi connectivity index (χ3n) is 4.94. The largest absolute Gasteiger partial charge is 0.482 e. The van der Waals surface area contributed by atoms with Gasteiger partial charge in [-0.25, -0.2) is 0 Å². The third kappa shape index (κ3) is 4.95. The molecule has 1 saturated heterocycles. The van der Waals surface area contributed by atoms with E-state index in [4.69, 9.17) is 4.74 Å². The van der Waals surface area contributed by atoms with Gasteiger partial charge in [-0.1, -0.05) is 6.92 Å². The summed E-state index contributed by atoms with van der Waals surface area (Å²) in [6.07, 6.45) is 4.69. The molecule has 25 heavy (non-hydrogen) atoms. The predicted octanol–water partition coefficient (Wildman–Crippen LogP) is 2.26. The minimum absolute atomic E-state index is 0.00660. The van der Waals surface area contributed by atoms with Crippen molar-refractivity contribution in [1.29, 1.82) is 0 Å². The van der Waals surface area contributed by atoms with Crippen molar-refractivity contribution in [3.8, 4) is 5.75 Å². The second-order valence-corrected chi connectivity index (χ2v) is 7.03. The van der Waals surface area contributed by atoms with Crippen molar-refractivity contribution in [3.63, 3.8) is 0 Å². The van der Waals surface area contributed by atoms with Crippen molar-refractivity contribution in [2.45, 2.75) is 32.6 Å².